The van der Waals surface area contributed by atoms with Crippen LogP contribution in [0.4, 0.5) is 4.79 Å². The van der Waals surface area contributed by atoms with Gasteiger partial charge in [-0.15, -0.1) is 0 Å². The Labute approximate surface area is 185 Å². The molecule has 0 spiro atoms. The molecule has 0 rings (SSSR count). The van der Waals surface area contributed by atoms with Gasteiger partial charge in [0.15, 0.2) is 0 Å². The van der Waals surface area contributed by atoms with Crippen LogP contribution in [-0.2, 0) is 24.0 Å². The van der Waals surface area contributed by atoms with Crippen LogP contribution >= 0.6 is 0 Å². The molecule has 4 amide bonds. The van der Waals surface area contributed by atoms with E-state index in [4.69, 9.17) is 15.9 Å². The summed E-state index contributed by atoms with van der Waals surface area (Å²) in [5.74, 6) is -4.82. The predicted molar refractivity (Wildman–Crippen MR) is 111 cm³/mol. The van der Waals surface area contributed by atoms with Crippen LogP contribution in [0.15, 0.2) is 0 Å². The van der Waals surface area contributed by atoms with Gasteiger partial charge in [0.2, 0.25) is 11.8 Å². The van der Waals surface area contributed by atoms with Crippen molar-refractivity contribution in [3.8, 4) is 0 Å². The molecule has 8 N–H and O–H groups in total. The minimum atomic E-state index is -1.50. The van der Waals surface area contributed by atoms with E-state index in [-0.39, 0.29) is 25.2 Å². The van der Waals surface area contributed by atoms with Crippen molar-refractivity contribution < 1.29 is 44.1 Å². The zero-order chi connectivity index (χ0) is 24.5. The number of carboxylic acid groups (broad SMARTS) is 3. The molecular weight excluding hydrogens is 428 g/mol. The van der Waals surface area contributed by atoms with Crippen LogP contribution in [0.1, 0.15) is 64.2 Å². The maximum Gasteiger partial charge on any atom is 0.326 e. The van der Waals surface area contributed by atoms with E-state index < -0.39 is 48.4 Å². The summed E-state index contributed by atoms with van der Waals surface area (Å²) in [6.07, 6.45) is 3.17. The number of hydrogen-bond acceptors (Lipinski definition) is 6. The Balaban J connectivity index is 4.23. The number of carboxylic acids is 3. The molecule has 0 aliphatic carbocycles. The maximum atomic E-state index is 11.9. The minimum absolute atomic E-state index is 0.169. The predicted octanol–water partition coefficient (Wildman–Crippen LogP) is -0.221. The van der Waals surface area contributed by atoms with Crippen molar-refractivity contribution in [1.29, 1.82) is 0 Å². The highest BCUT2D eigenvalue weighted by atomic mass is 16.4. The largest absolute Gasteiger partial charge is 0.481 e. The van der Waals surface area contributed by atoms with Crippen molar-refractivity contribution in [3.63, 3.8) is 0 Å². The first kappa shape index (κ1) is 28.6. The van der Waals surface area contributed by atoms with E-state index in [1.165, 1.54) is 0 Å². The first-order valence-electron chi connectivity index (χ1n) is 10.3. The summed E-state index contributed by atoms with van der Waals surface area (Å²) in [6.45, 7) is 0.407. The number of unbranched alkanes of at least 4 members (excludes halogenated alkanes) is 4. The van der Waals surface area contributed by atoms with E-state index in [0.29, 0.717) is 13.0 Å². The van der Waals surface area contributed by atoms with Crippen LogP contribution in [0.3, 0.4) is 0 Å². The smallest absolute Gasteiger partial charge is 0.326 e. The molecule has 13 heteroatoms. The van der Waals surface area contributed by atoms with Crippen LogP contribution in [0.2, 0.25) is 0 Å². The Bertz CT molecular complexity index is 669. The molecule has 0 aromatic heterocycles. The second kappa shape index (κ2) is 16.3. The number of hydrogen-bond donors (Lipinski definition) is 7. The van der Waals surface area contributed by atoms with Gasteiger partial charge >= 0.3 is 23.9 Å². The first-order valence-corrected chi connectivity index (χ1v) is 10.3. The van der Waals surface area contributed by atoms with Crippen LogP contribution < -0.4 is 21.7 Å². The molecule has 0 aliphatic heterocycles. The maximum absolute atomic E-state index is 11.9. The monoisotopic (exact) mass is 460 g/mol. The first-order chi connectivity index (χ1) is 15.0. The fourth-order valence-electron chi connectivity index (χ4n) is 2.69. The van der Waals surface area contributed by atoms with Gasteiger partial charge < -0.3 is 37.0 Å². The summed E-state index contributed by atoms with van der Waals surface area (Å²) in [4.78, 5) is 67.3. The average Bonchev–Trinajstić information content (AvgIpc) is 2.69. The van der Waals surface area contributed by atoms with Gasteiger partial charge in [-0.2, -0.15) is 0 Å². The van der Waals surface area contributed by atoms with Gasteiger partial charge in [0, 0.05) is 25.8 Å². The van der Waals surface area contributed by atoms with Gasteiger partial charge in [0.1, 0.15) is 12.1 Å². The summed E-state index contributed by atoms with van der Waals surface area (Å²) in [5, 5.41) is 33.6. The molecule has 182 valence electrons. The number of nitrogens with one attached hydrogen (secondary N) is 3. The van der Waals surface area contributed by atoms with E-state index >= 15 is 0 Å². The molecule has 0 bridgehead atoms. The topological polar surface area (TPSA) is 225 Å². The van der Waals surface area contributed by atoms with Crippen molar-refractivity contribution in [2.45, 2.75) is 76.3 Å². The van der Waals surface area contributed by atoms with Crippen molar-refractivity contribution in [1.82, 2.24) is 16.0 Å². The number of primary amides is 1. The molecule has 0 aromatic carbocycles. The van der Waals surface area contributed by atoms with Gasteiger partial charge in [0.25, 0.3) is 0 Å². The molecule has 2 atom stereocenters. The molecule has 0 saturated heterocycles. The van der Waals surface area contributed by atoms with Crippen molar-refractivity contribution in [3.05, 3.63) is 0 Å². The van der Waals surface area contributed by atoms with E-state index in [0.717, 1.165) is 32.1 Å². The standard InChI is InChI=1S/C19H32N4O9/c20-14(24)6-4-2-1-3-5-11-21-15(25)9-7-12(17(28)29)22-19(32)23-13(18(30)31)8-10-16(26)27/h12-13H,1-11H2,(H2,20,24)(H,21,25)(H,26,27)(H,28,29)(H,30,31)(H2,22,23,32)/t12-,13-/m0/s1. The summed E-state index contributed by atoms with van der Waals surface area (Å²) in [6, 6.07) is -4.02. The van der Waals surface area contributed by atoms with Crippen LogP contribution in [0.25, 0.3) is 0 Å². The van der Waals surface area contributed by atoms with Crippen molar-refractivity contribution in [2.24, 2.45) is 5.73 Å². The highest BCUT2D eigenvalue weighted by molar-refractivity contribution is 5.86. The van der Waals surface area contributed by atoms with Crippen molar-refractivity contribution >= 4 is 35.8 Å². The lowest BCUT2D eigenvalue weighted by atomic mass is 10.1. The highest BCUT2D eigenvalue weighted by Gasteiger charge is 2.25. The van der Waals surface area contributed by atoms with Crippen LogP contribution in [-0.4, -0.2) is 69.7 Å². The molecule has 0 unspecified atom stereocenters. The number of carbonyl (C=O) groups is 6. The lowest BCUT2D eigenvalue weighted by Gasteiger charge is -2.18. The molecule has 0 aliphatic rings. The molecule has 0 fully saturated rings. The summed E-state index contributed by atoms with van der Waals surface area (Å²) < 4.78 is 0. The third kappa shape index (κ3) is 15.5. The zero-order valence-corrected chi connectivity index (χ0v) is 17.8. The summed E-state index contributed by atoms with van der Waals surface area (Å²) >= 11 is 0. The lowest BCUT2D eigenvalue weighted by molar-refractivity contribution is -0.141. The van der Waals surface area contributed by atoms with E-state index in [1.54, 1.807) is 0 Å². The molecule has 0 aromatic rings. The van der Waals surface area contributed by atoms with E-state index in [1.807, 2.05) is 5.32 Å². The normalized spacial score (nSPS) is 12.2. The Morgan fingerprint density at radius 1 is 0.688 bits per heavy atom. The SMILES string of the molecule is NC(=O)CCCCCCCNC(=O)CC[C@H](NC(=O)N[C@@H](CCC(=O)O)C(=O)O)C(=O)O. The van der Waals surface area contributed by atoms with Gasteiger partial charge in [0.05, 0.1) is 0 Å². The number of carbonyl (C=O) groups excluding carboxylic acids is 3. The molecule has 32 heavy (non-hydrogen) atoms. The molecule has 0 heterocycles. The van der Waals surface area contributed by atoms with Gasteiger partial charge in [-0.3, -0.25) is 14.4 Å². The molecular formula is C19H32N4O9. The molecule has 13 nitrogen and oxygen atoms in total. The number of rotatable bonds is 18. The fraction of sp³-hybridized carbons (Fsp3) is 0.684. The highest BCUT2D eigenvalue weighted by Crippen LogP contribution is 2.05. The van der Waals surface area contributed by atoms with E-state index in [2.05, 4.69) is 10.6 Å². The molecule has 0 radical (unpaired) electrons. The Morgan fingerprint density at radius 3 is 1.69 bits per heavy atom. The number of urea groups is 1. The zero-order valence-electron chi connectivity index (χ0n) is 17.8. The molecule has 0 saturated carbocycles. The second-order valence-corrected chi connectivity index (χ2v) is 7.20. The fourth-order valence-corrected chi connectivity index (χ4v) is 2.69. The summed E-state index contributed by atoms with van der Waals surface area (Å²) in [5.41, 5.74) is 5.05. The number of amides is 4. The Hall–Kier alpha value is -3.38. The number of aliphatic carboxylic acids is 3. The van der Waals surface area contributed by atoms with Crippen LogP contribution in [0, 0.1) is 0 Å². The number of nitrogens with two attached hydrogens (primary N) is 1. The van der Waals surface area contributed by atoms with Gasteiger partial charge in [-0.05, 0) is 25.7 Å². The Morgan fingerprint density at radius 2 is 1.19 bits per heavy atom. The van der Waals surface area contributed by atoms with Gasteiger partial charge in [-0.25, -0.2) is 14.4 Å². The second-order valence-electron chi connectivity index (χ2n) is 7.20. The lowest BCUT2D eigenvalue weighted by Crippen LogP contribution is -2.51. The third-order valence-corrected chi connectivity index (χ3v) is 4.44. The van der Waals surface area contributed by atoms with Gasteiger partial charge in [-0.1, -0.05) is 19.3 Å². The third-order valence-electron chi connectivity index (χ3n) is 4.44. The Kier molecular flexibility index (Phi) is 14.6. The van der Waals surface area contributed by atoms with Crippen LogP contribution in [0.5, 0.6) is 0 Å². The quantitative estimate of drug-likeness (QED) is 0.134. The van der Waals surface area contributed by atoms with Crippen molar-refractivity contribution in [2.75, 3.05) is 6.54 Å². The van der Waals surface area contributed by atoms with E-state index in [9.17, 15) is 33.9 Å². The minimum Gasteiger partial charge on any atom is -0.481 e. The summed E-state index contributed by atoms with van der Waals surface area (Å²) in [7, 11) is 0. The average molecular weight is 460 g/mol.